The number of guanidine groups is 1. The normalized spacial score (nSPS) is 17.2. The van der Waals surface area contributed by atoms with Crippen LogP contribution in [0.2, 0.25) is 0 Å². The molecule has 0 radical (unpaired) electrons. The number of aliphatic imine (C=N–C) groups is 1. The SMILES string of the molecule is CCNC(=NCC(C)c1ccsc1)N1CCC(c2ncn[nH]2)CC1.I. The van der Waals surface area contributed by atoms with E-state index in [0.29, 0.717) is 11.8 Å². The minimum Gasteiger partial charge on any atom is -0.357 e. The molecule has 1 fully saturated rings. The molecule has 1 saturated heterocycles. The summed E-state index contributed by atoms with van der Waals surface area (Å²) in [6.07, 6.45) is 3.76. The van der Waals surface area contributed by atoms with E-state index < -0.39 is 0 Å². The molecule has 1 atom stereocenters. The van der Waals surface area contributed by atoms with Crippen LogP contribution in [-0.2, 0) is 0 Å². The van der Waals surface area contributed by atoms with Crippen LogP contribution in [-0.4, -0.2) is 52.2 Å². The molecule has 1 aliphatic heterocycles. The van der Waals surface area contributed by atoms with Gasteiger partial charge < -0.3 is 10.2 Å². The van der Waals surface area contributed by atoms with E-state index in [1.807, 2.05) is 0 Å². The number of hydrogen-bond acceptors (Lipinski definition) is 4. The topological polar surface area (TPSA) is 69.2 Å². The molecule has 138 valence electrons. The van der Waals surface area contributed by atoms with Gasteiger partial charge in [0, 0.05) is 38.0 Å². The Bertz CT molecular complexity index is 620. The first-order valence-corrected chi connectivity index (χ1v) is 9.62. The molecule has 0 spiro atoms. The number of halogens is 1. The molecule has 0 aromatic carbocycles. The Hall–Kier alpha value is -1.16. The predicted molar refractivity (Wildman–Crippen MR) is 114 cm³/mol. The number of aromatic amines is 1. The van der Waals surface area contributed by atoms with Gasteiger partial charge in [-0.25, -0.2) is 4.98 Å². The quantitative estimate of drug-likeness (QED) is 0.396. The van der Waals surface area contributed by atoms with Crippen molar-refractivity contribution in [3.63, 3.8) is 0 Å². The number of piperidine rings is 1. The number of nitrogens with zero attached hydrogens (tertiary/aromatic N) is 4. The van der Waals surface area contributed by atoms with Gasteiger partial charge in [-0.05, 0) is 42.2 Å². The first kappa shape index (κ1) is 20.2. The number of H-pyrrole nitrogens is 1. The molecule has 2 aromatic rings. The average molecular weight is 474 g/mol. The van der Waals surface area contributed by atoms with E-state index >= 15 is 0 Å². The van der Waals surface area contributed by atoms with Crippen molar-refractivity contribution in [1.82, 2.24) is 25.4 Å². The van der Waals surface area contributed by atoms with Crippen LogP contribution in [0.4, 0.5) is 0 Å². The molecule has 1 unspecified atom stereocenters. The summed E-state index contributed by atoms with van der Waals surface area (Å²) < 4.78 is 0. The van der Waals surface area contributed by atoms with E-state index in [9.17, 15) is 0 Å². The monoisotopic (exact) mass is 474 g/mol. The molecule has 1 aliphatic rings. The number of likely N-dealkylation sites (tertiary alicyclic amines) is 1. The third-order valence-electron chi connectivity index (χ3n) is 4.58. The summed E-state index contributed by atoms with van der Waals surface area (Å²) >= 11 is 1.75. The molecule has 3 rings (SSSR count). The number of aromatic nitrogens is 3. The first-order chi connectivity index (χ1) is 11.8. The summed E-state index contributed by atoms with van der Waals surface area (Å²) in [4.78, 5) is 11.6. The van der Waals surface area contributed by atoms with Gasteiger partial charge in [0.2, 0.25) is 0 Å². The minimum absolute atomic E-state index is 0. The van der Waals surface area contributed by atoms with Gasteiger partial charge in [0.25, 0.3) is 0 Å². The van der Waals surface area contributed by atoms with Crippen LogP contribution in [0.3, 0.4) is 0 Å². The number of nitrogens with one attached hydrogen (secondary N) is 2. The van der Waals surface area contributed by atoms with Crippen LogP contribution in [0.25, 0.3) is 0 Å². The lowest BCUT2D eigenvalue weighted by atomic mass is 9.96. The van der Waals surface area contributed by atoms with Crippen molar-refractivity contribution in [2.75, 3.05) is 26.2 Å². The minimum atomic E-state index is 0. The highest BCUT2D eigenvalue weighted by molar-refractivity contribution is 14.0. The lowest BCUT2D eigenvalue weighted by molar-refractivity contribution is 0.298. The van der Waals surface area contributed by atoms with Crippen molar-refractivity contribution in [3.8, 4) is 0 Å². The number of rotatable bonds is 5. The second-order valence-electron chi connectivity index (χ2n) is 6.28. The first-order valence-electron chi connectivity index (χ1n) is 8.68. The van der Waals surface area contributed by atoms with E-state index in [-0.39, 0.29) is 24.0 Å². The fourth-order valence-electron chi connectivity index (χ4n) is 3.09. The third kappa shape index (κ3) is 5.40. The molecule has 0 bridgehead atoms. The van der Waals surface area contributed by atoms with Gasteiger partial charge in [-0.3, -0.25) is 10.1 Å². The van der Waals surface area contributed by atoms with Gasteiger partial charge in [-0.1, -0.05) is 6.92 Å². The van der Waals surface area contributed by atoms with E-state index in [1.54, 1.807) is 17.7 Å². The average Bonchev–Trinajstić information content (AvgIpc) is 3.32. The maximum absolute atomic E-state index is 4.88. The largest absolute Gasteiger partial charge is 0.357 e. The third-order valence-corrected chi connectivity index (χ3v) is 5.28. The molecule has 2 N–H and O–H groups in total. The van der Waals surface area contributed by atoms with Crippen LogP contribution >= 0.6 is 35.3 Å². The van der Waals surface area contributed by atoms with E-state index in [0.717, 1.165) is 50.8 Å². The number of thiophene rings is 1. The molecule has 25 heavy (non-hydrogen) atoms. The van der Waals surface area contributed by atoms with Crippen LogP contribution in [0.15, 0.2) is 28.1 Å². The lowest BCUT2D eigenvalue weighted by Crippen LogP contribution is -2.45. The second-order valence-corrected chi connectivity index (χ2v) is 7.06. The zero-order valence-corrected chi connectivity index (χ0v) is 18.0. The summed E-state index contributed by atoms with van der Waals surface area (Å²) in [7, 11) is 0. The Morgan fingerprint density at radius 1 is 1.48 bits per heavy atom. The number of hydrogen-bond donors (Lipinski definition) is 2. The van der Waals surface area contributed by atoms with Crippen molar-refractivity contribution in [2.45, 2.75) is 38.5 Å². The van der Waals surface area contributed by atoms with Crippen molar-refractivity contribution in [1.29, 1.82) is 0 Å². The predicted octanol–water partition coefficient (Wildman–Crippen LogP) is 3.43. The van der Waals surface area contributed by atoms with Crippen LogP contribution in [0, 0.1) is 0 Å². The summed E-state index contributed by atoms with van der Waals surface area (Å²) in [5.74, 6) is 2.99. The molecule has 8 heteroatoms. The maximum atomic E-state index is 4.88. The van der Waals surface area contributed by atoms with Crippen LogP contribution < -0.4 is 5.32 Å². The van der Waals surface area contributed by atoms with Gasteiger partial charge in [-0.15, -0.1) is 24.0 Å². The molecule has 3 heterocycles. The van der Waals surface area contributed by atoms with Crippen LogP contribution in [0.1, 0.15) is 49.9 Å². The van der Waals surface area contributed by atoms with Gasteiger partial charge in [0.05, 0.1) is 0 Å². The summed E-state index contributed by atoms with van der Waals surface area (Å²) in [5.41, 5.74) is 1.38. The van der Waals surface area contributed by atoms with Gasteiger partial charge in [0.1, 0.15) is 12.2 Å². The van der Waals surface area contributed by atoms with Gasteiger partial charge >= 0.3 is 0 Å². The zero-order valence-electron chi connectivity index (χ0n) is 14.8. The molecule has 6 nitrogen and oxygen atoms in total. The Morgan fingerprint density at radius 3 is 2.88 bits per heavy atom. The molecule has 0 saturated carbocycles. The summed E-state index contributed by atoms with van der Waals surface area (Å²) in [6, 6.07) is 2.20. The summed E-state index contributed by atoms with van der Waals surface area (Å²) in [5, 5.41) is 14.8. The molecule has 0 aliphatic carbocycles. The Labute approximate surface area is 170 Å². The highest BCUT2D eigenvalue weighted by atomic mass is 127. The zero-order chi connectivity index (χ0) is 16.8. The standard InChI is InChI=1S/C17H26N6S.HI/c1-3-18-17(19-10-13(2)15-6-9-24-11-15)23-7-4-14(5-8-23)16-20-12-21-22-16;/h6,9,11-14H,3-5,7-8,10H2,1-2H3,(H,18,19)(H,20,21,22);1H. The Kier molecular flexibility index (Phi) is 8.14. The molecule has 2 aromatic heterocycles. The molecular weight excluding hydrogens is 447 g/mol. The van der Waals surface area contributed by atoms with Crippen LogP contribution in [0.5, 0.6) is 0 Å². The molecule has 0 amide bonds. The smallest absolute Gasteiger partial charge is 0.193 e. The second kappa shape index (κ2) is 10.1. The van der Waals surface area contributed by atoms with Crippen molar-refractivity contribution >= 4 is 41.3 Å². The fourth-order valence-corrected chi connectivity index (χ4v) is 3.87. The van der Waals surface area contributed by atoms with Gasteiger partial charge in [-0.2, -0.15) is 16.4 Å². The van der Waals surface area contributed by atoms with E-state index in [1.165, 1.54) is 5.56 Å². The highest BCUT2D eigenvalue weighted by Crippen LogP contribution is 2.25. The summed E-state index contributed by atoms with van der Waals surface area (Å²) in [6.45, 7) is 8.09. The van der Waals surface area contributed by atoms with E-state index in [4.69, 9.17) is 4.99 Å². The Balaban J connectivity index is 0.00000225. The van der Waals surface area contributed by atoms with Crippen molar-refractivity contribution < 1.29 is 0 Å². The maximum Gasteiger partial charge on any atom is 0.193 e. The molecular formula is C17H27IN6S. The lowest BCUT2D eigenvalue weighted by Gasteiger charge is -2.33. The fraction of sp³-hybridized carbons (Fsp3) is 0.588. The van der Waals surface area contributed by atoms with Crippen molar-refractivity contribution in [3.05, 3.63) is 34.5 Å². The van der Waals surface area contributed by atoms with Gasteiger partial charge in [0.15, 0.2) is 5.96 Å². The van der Waals surface area contributed by atoms with Crippen molar-refractivity contribution in [2.24, 2.45) is 4.99 Å². The Morgan fingerprint density at radius 2 is 2.28 bits per heavy atom. The van der Waals surface area contributed by atoms with E-state index in [2.05, 4.69) is 56.1 Å². The highest BCUT2D eigenvalue weighted by Gasteiger charge is 2.24.